The Kier molecular flexibility index (Phi) is 4.74. The molecular weight excluding hydrogens is 419 g/mol. The van der Waals surface area contributed by atoms with Crippen LogP contribution in [0.4, 0.5) is 21.8 Å². The third-order valence-corrected chi connectivity index (χ3v) is 4.85. The molecule has 4 aromatic rings. The summed E-state index contributed by atoms with van der Waals surface area (Å²) >= 11 is 0. The number of furan rings is 1. The van der Waals surface area contributed by atoms with Gasteiger partial charge in [-0.15, -0.1) is 0 Å². The zero-order chi connectivity index (χ0) is 22.2. The van der Waals surface area contributed by atoms with Gasteiger partial charge in [-0.1, -0.05) is 0 Å². The van der Waals surface area contributed by atoms with Gasteiger partial charge in [0, 0.05) is 16.6 Å². The van der Waals surface area contributed by atoms with Crippen LogP contribution < -0.4 is 20.5 Å². The molecule has 0 amide bonds. The summed E-state index contributed by atoms with van der Waals surface area (Å²) in [6, 6.07) is 11.7. The highest BCUT2D eigenvalue weighted by molar-refractivity contribution is 5.93. The number of hydrogen-bond acceptors (Lipinski definition) is 9. The summed E-state index contributed by atoms with van der Waals surface area (Å²) in [5, 5.41) is 3.67. The summed E-state index contributed by atoms with van der Waals surface area (Å²) < 4.78 is 36.0. The van der Waals surface area contributed by atoms with Crippen LogP contribution in [0.2, 0.25) is 0 Å². The Hall–Kier alpha value is -4.34. The smallest absolute Gasteiger partial charge is 0.373 e. The number of carbonyl (C=O) groups excluding carboxylic acids is 1. The SMILES string of the molecule is COC(=O)c1cc2cc(Nc3nc(N)c(F)c(-c4ccc5c(c4)OCCO5)n3)ccc2o1. The summed E-state index contributed by atoms with van der Waals surface area (Å²) in [6.45, 7) is 0.864. The Bertz CT molecular complexity index is 1350. The third-order valence-electron chi connectivity index (χ3n) is 4.85. The maximum absolute atomic E-state index is 14.8. The average Bonchev–Trinajstić information content (AvgIpc) is 3.24. The van der Waals surface area contributed by atoms with E-state index in [1.807, 2.05) is 0 Å². The first kappa shape index (κ1) is 19.6. The van der Waals surface area contributed by atoms with Gasteiger partial charge in [-0.2, -0.15) is 4.98 Å². The predicted octanol–water partition coefficient (Wildman–Crippen LogP) is 3.91. The lowest BCUT2D eigenvalue weighted by Crippen LogP contribution is -2.15. The molecule has 162 valence electrons. The van der Waals surface area contributed by atoms with Gasteiger partial charge in [0.1, 0.15) is 24.5 Å². The number of nitrogens with one attached hydrogen (secondary N) is 1. The molecule has 0 fully saturated rings. The van der Waals surface area contributed by atoms with Gasteiger partial charge in [0.15, 0.2) is 23.1 Å². The number of rotatable bonds is 4. The van der Waals surface area contributed by atoms with Crippen molar-refractivity contribution in [1.82, 2.24) is 9.97 Å². The van der Waals surface area contributed by atoms with E-state index in [1.165, 1.54) is 7.11 Å². The molecule has 2 aromatic carbocycles. The van der Waals surface area contributed by atoms with Crippen molar-refractivity contribution in [2.24, 2.45) is 0 Å². The number of anilines is 3. The van der Waals surface area contributed by atoms with Crippen molar-refractivity contribution >= 4 is 34.4 Å². The highest BCUT2D eigenvalue weighted by Crippen LogP contribution is 2.36. The van der Waals surface area contributed by atoms with Crippen LogP contribution in [0.15, 0.2) is 46.9 Å². The normalized spacial score (nSPS) is 12.6. The van der Waals surface area contributed by atoms with Crippen LogP contribution in [0.25, 0.3) is 22.2 Å². The minimum absolute atomic E-state index is 0.0225. The monoisotopic (exact) mass is 436 g/mol. The molecule has 3 N–H and O–H groups in total. The van der Waals surface area contributed by atoms with Crippen LogP contribution >= 0.6 is 0 Å². The van der Waals surface area contributed by atoms with Gasteiger partial charge in [-0.05, 0) is 42.5 Å². The number of hydrogen-bond donors (Lipinski definition) is 2. The van der Waals surface area contributed by atoms with Gasteiger partial charge in [0.05, 0.1) is 7.11 Å². The molecule has 0 unspecified atom stereocenters. The molecule has 0 spiro atoms. The van der Waals surface area contributed by atoms with Crippen LogP contribution in [0.5, 0.6) is 11.5 Å². The fourth-order valence-corrected chi connectivity index (χ4v) is 3.35. The summed E-state index contributed by atoms with van der Waals surface area (Å²) in [5.41, 5.74) is 7.39. The number of benzene rings is 2. The van der Waals surface area contributed by atoms with E-state index in [2.05, 4.69) is 20.0 Å². The molecule has 0 saturated heterocycles. The Morgan fingerprint density at radius 2 is 1.91 bits per heavy atom. The van der Waals surface area contributed by atoms with E-state index in [4.69, 9.17) is 19.6 Å². The van der Waals surface area contributed by atoms with Crippen molar-refractivity contribution in [2.45, 2.75) is 0 Å². The first-order valence-corrected chi connectivity index (χ1v) is 9.64. The molecule has 0 atom stereocenters. The fraction of sp³-hybridized carbons (Fsp3) is 0.136. The number of ether oxygens (including phenoxy) is 3. The highest BCUT2D eigenvalue weighted by Gasteiger charge is 2.19. The van der Waals surface area contributed by atoms with E-state index in [1.54, 1.807) is 42.5 Å². The fourth-order valence-electron chi connectivity index (χ4n) is 3.35. The molecule has 1 aliphatic rings. The second-order valence-electron chi connectivity index (χ2n) is 6.93. The summed E-state index contributed by atoms with van der Waals surface area (Å²) in [7, 11) is 1.28. The van der Waals surface area contributed by atoms with Gasteiger partial charge >= 0.3 is 5.97 Å². The van der Waals surface area contributed by atoms with Crippen LogP contribution in [0.3, 0.4) is 0 Å². The van der Waals surface area contributed by atoms with Crippen LogP contribution in [-0.2, 0) is 4.74 Å². The van der Waals surface area contributed by atoms with Crippen molar-refractivity contribution < 1.29 is 27.8 Å². The lowest BCUT2D eigenvalue weighted by Gasteiger charge is -2.19. The van der Waals surface area contributed by atoms with Crippen molar-refractivity contribution in [3.63, 3.8) is 0 Å². The zero-order valence-corrected chi connectivity index (χ0v) is 16.8. The minimum Gasteiger partial charge on any atom is -0.486 e. The molecule has 0 bridgehead atoms. The highest BCUT2D eigenvalue weighted by atomic mass is 19.1. The van der Waals surface area contributed by atoms with Gasteiger partial charge in [-0.3, -0.25) is 0 Å². The molecule has 32 heavy (non-hydrogen) atoms. The number of nitrogen functional groups attached to an aromatic ring is 1. The van der Waals surface area contributed by atoms with E-state index in [0.29, 0.717) is 46.9 Å². The third kappa shape index (κ3) is 3.51. The van der Waals surface area contributed by atoms with Gasteiger partial charge in [0.2, 0.25) is 11.7 Å². The zero-order valence-electron chi connectivity index (χ0n) is 16.8. The largest absolute Gasteiger partial charge is 0.486 e. The molecule has 0 aliphatic carbocycles. The average molecular weight is 436 g/mol. The standard InChI is InChI=1S/C22H17FN4O5/c1-29-21(28)17-10-12-8-13(3-5-14(12)32-17)25-22-26-19(18(23)20(24)27-22)11-2-4-15-16(9-11)31-7-6-30-15/h2-5,8-10H,6-7H2,1H3,(H3,24,25,26,27). The minimum atomic E-state index is -0.736. The first-order chi connectivity index (χ1) is 15.5. The molecule has 0 radical (unpaired) electrons. The first-order valence-electron chi connectivity index (χ1n) is 9.64. The number of methoxy groups -OCH3 is 1. The number of fused-ring (bicyclic) bond motifs is 2. The van der Waals surface area contributed by atoms with E-state index < -0.39 is 11.8 Å². The molecular formula is C22H17FN4O5. The summed E-state index contributed by atoms with van der Waals surface area (Å²) in [4.78, 5) is 20.0. The van der Waals surface area contributed by atoms with Crippen molar-refractivity contribution in [2.75, 3.05) is 31.4 Å². The Balaban J connectivity index is 1.48. The number of esters is 1. The predicted molar refractivity (Wildman–Crippen MR) is 114 cm³/mol. The van der Waals surface area contributed by atoms with Gasteiger partial charge in [0.25, 0.3) is 0 Å². The molecule has 0 saturated carbocycles. The summed E-state index contributed by atoms with van der Waals surface area (Å²) in [5.74, 6) is -0.334. The number of nitrogens with zero attached hydrogens (tertiary/aromatic N) is 2. The Morgan fingerprint density at radius 3 is 2.72 bits per heavy atom. The van der Waals surface area contributed by atoms with E-state index in [-0.39, 0.29) is 23.2 Å². The van der Waals surface area contributed by atoms with Gasteiger partial charge in [-0.25, -0.2) is 14.2 Å². The van der Waals surface area contributed by atoms with Gasteiger partial charge < -0.3 is 29.7 Å². The number of aromatic nitrogens is 2. The molecule has 10 heteroatoms. The topological polar surface area (TPSA) is 122 Å². The summed E-state index contributed by atoms with van der Waals surface area (Å²) in [6.07, 6.45) is 0. The van der Waals surface area contributed by atoms with Crippen LogP contribution in [0.1, 0.15) is 10.6 Å². The molecule has 2 aromatic heterocycles. The van der Waals surface area contributed by atoms with Crippen molar-refractivity contribution in [3.05, 3.63) is 54.0 Å². The van der Waals surface area contributed by atoms with E-state index in [9.17, 15) is 9.18 Å². The lowest BCUT2D eigenvalue weighted by atomic mass is 10.1. The molecule has 3 heterocycles. The number of carbonyl (C=O) groups is 1. The molecule has 9 nitrogen and oxygen atoms in total. The second-order valence-corrected chi connectivity index (χ2v) is 6.93. The maximum Gasteiger partial charge on any atom is 0.373 e. The quantitative estimate of drug-likeness (QED) is 0.459. The Morgan fingerprint density at radius 1 is 1.09 bits per heavy atom. The lowest BCUT2D eigenvalue weighted by molar-refractivity contribution is 0.0567. The van der Waals surface area contributed by atoms with Crippen LogP contribution in [0, 0.1) is 5.82 Å². The second kappa shape index (κ2) is 7.73. The van der Waals surface area contributed by atoms with E-state index >= 15 is 0 Å². The number of halogens is 1. The Labute approximate surface area is 180 Å². The maximum atomic E-state index is 14.8. The molecule has 5 rings (SSSR count). The number of nitrogens with two attached hydrogens (primary N) is 1. The van der Waals surface area contributed by atoms with Crippen LogP contribution in [-0.4, -0.2) is 36.3 Å². The van der Waals surface area contributed by atoms with Crippen molar-refractivity contribution in [1.29, 1.82) is 0 Å². The van der Waals surface area contributed by atoms with Crippen molar-refractivity contribution in [3.8, 4) is 22.8 Å². The van der Waals surface area contributed by atoms with E-state index in [0.717, 1.165) is 0 Å². The molecule has 1 aliphatic heterocycles.